The van der Waals surface area contributed by atoms with E-state index in [-0.39, 0.29) is 12.5 Å². The Morgan fingerprint density at radius 1 is 1.16 bits per heavy atom. The Hall–Kier alpha value is -1.26. The summed E-state index contributed by atoms with van der Waals surface area (Å²) in [5.74, 6) is -0.0533. The van der Waals surface area contributed by atoms with Crippen LogP contribution in [0.2, 0.25) is 0 Å². The number of carbonyl (C=O) groups is 2. The summed E-state index contributed by atoms with van der Waals surface area (Å²) in [5, 5.41) is 11.5. The van der Waals surface area contributed by atoms with Crippen LogP contribution in [0.5, 0.6) is 0 Å². The van der Waals surface area contributed by atoms with Gasteiger partial charge in [0.15, 0.2) is 0 Å². The number of carboxylic acid groups (broad SMARTS) is 1. The monoisotopic (exact) mass is 268 g/mol. The van der Waals surface area contributed by atoms with E-state index in [0.717, 1.165) is 25.8 Å². The third-order valence-corrected chi connectivity index (χ3v) is 4.36. The molecule has 0 bridgehead atoms. The summed E-state index contributed by atoms with van der Waals surface area (Å²) in [6.07, 6.45) is 7.67. The van der Waals surface area contributed by atoms with Crippen molar-refractivity contribution >= 4 is 12.0 Å². The molecule has 2 unspecified atom stereocenters. The van der Waals surface area contributed by atoms with E-state index in [1.807, 2.05) is 4.90 Å². The van der Waals surface area contributed by atoms with Crippen LogP contribution >= 0.6 is 0 Å². The Morgan fingerprint density at radius 2 is 1.95 bits per heavy atom. The first-order valence-corrected chi connectivity index (χ1v) is 7.45. The molecule has 0 aromatic heterocycles. The maximum Gasteiger partial charge on any atom is 0.317 e. The Kier molecular flexibility index (Phi) is 5.05. The molecule has 2 fully saturated rings. The highest BCUT2D eigenvalue weighted by Gasteiger charge is 2.37. The van der Waals surface area contributed by atoms with Crippen molar-refractivity contribution in [2.24, 2.45) is 5.92 Å². The van der Waals surface area contributed by atoms with E-state index in [2.05, 4.69) is 5.32 Å². The van der Waals surface area contributed by atoms with Gasteiger partial charge in [-0.3, -0.25) is 4.79 Å². The molecular weight excluding hydrogens is 244 g/mol. The summed E-state index contributed by atoms with van der Waals surface area (Å²) >= 11 is 0. The molecule has 2 aliphatic rings. The summed E-state index contributed by atoms with van der Waals surface area (Å²) in [4.78, 5) is 24.5. The maximum absolute atomic E-state index is 12.1. The third-order valence-electron chi connectivity index (χ3n) is 4.36. The molecule has 2 rings (SSSR count). The maximum atomic E-state index is 12.1. The van der Waals surface area contributed by atoms with Gasteiger partial charge in [0, 0.05) is 25.6 Å². The highest BCUT2D eigenvalue weighted by molar-refractivity contribution is 5.75. The van der Waals surface area contributed by atoms with E-state index < -0.39 is 5.97 Å². The molecule has 0 aromatic carbocycles. The largest absolute Gasteiger partial charge is 0.481 e. The number of carbonyl (C=O) groups excluding carboxylic acids is 1. The fourth-order valence-corrected chi connectivity index (χ4v) is 3.36. The van der Waals surface area contributed by atoms with Crippen LogP contribution < -0.4 is 5.32 Å². The second-order valence-corrected chi connectivity index (χ2v) is 5.68. The summed E-state index contributed by atoms with van der Waals surface area (Å²) < 4.78 is 0. The van der Waals surface area contributed by atoms with Crippen molar-refractivity contribution in [3.63, 3.8) is 0 Å². The molecule has 108 valence electrons. The molecule has 1 saturated carbocycles. The number of aliphatic carboxylic acids is 1. The number of nitrogens with one attached hydrogen (secondary N) is 1. The molecule has 1 aliphatic heterocycles. The molecule has 19 heavy (non-hydrogen) atoms. The van der Waals surface area contributed by atoms with Crippen LogP contribution in [0.25, 0.3) is 0 Å². The normalized spacial score (nSPS) is 26.0. The molecule has 1 heterocycles. The Labute approximate surface area is 114 Å². The number of likely N-dealkylation sites (tertiary alicyclic amines) is 1. The number of hydrogen-bond donors (Lipinski definition) is 2. The van der Waals surface area contributed by atoms with Crippen LogP contribution in [0.4, 0.5) is 4.79 Å². The molecule has 0 radical (unpaired) electrons. The highest BCUT2D eigenvalue weighted by Crippen LogP contribution is 2.35. The first-order chi connectivity index (χ1) is 9.18. The van der Waals surface area contributed by atoms with E-state index in [0.29, 0.717) is 24.9 Å². The van der Waals surface area contributed by atoms with E-state index in [4.69, 9.17) is 5.11 Å². The molecule has 1 saturated heterocycles. The van der Waals surface area contributed by atoms with E-state index in [1.165, 1.54) is 19.3 Å². The molecule has 5 nitrogen and oxygen atoms in total. The molecular formula is C14H24N2O3. The van der Waals surface area contributed by atoms with Crippen molar-refractivity contribution in [3.8, 4) is 0 Å². The first kappa shape index (κ1) is 14.2. The fraction of sp³-hybridized carbons (Fsp3) is 0.857. The van der Waals surface area contributed by atoms with Gasteiger partial charge in [0.05, 0.1) is 0 Å². The van der Waals surface area contributed by atoms with Crippen molar-refractivity contribution in [1.82, 2.24) is 10.2 Å². The minimum absolute atomic E-state index is 0.0460. The number of fused-ring (bicyclic) bond motifs is 1. The van der Waals surface area contributed by atoms with Gasteiger partial charge in [-0.15, -0.1) is 0 Å². The zero-order valence-electron chi connectivity index (χ0n) is 11.4. The number of rotatable bonds is 5. The predicted molar refractivity (Wildman–Crippen MR) is 72.0 cm³/mol. The molecule has 0 spiro atoms. The summed E-state index contributed by atoms with van der Waals surface area (Å²) in [6, 6.07) is 0.498. The van der Waals surface area contributed by atoms with Crippen molar-refractivity contribution < 1.29 is 14.7 Å². The van der Waals surface area contributed by atoms with Gasteiger partial charge in [-0.2, -0.15) is 0 Å². The lowest BCUT2D eigenvalue weighted by Crippen LogP contribution is -2.45. The molecule has 5 heteroatoms. The quantitative estimate of drug-likeness (QED) is 0.751. The summed E-state index contributed by atoms with van der Waals surface area (Å²) in [7, 11) is 0. The van der Waals surface area contributed by atoms with Crippen LogP contribution in [0, 0.1) is 5.92 Å². The van der Waals surface area contributed by atoms with Crippen LogP contribution in [-0.2, 0) is 4.79 Å². The van der Waals surface area contributed by atoms with Crippen LogP contribution in [0.15, 0.2) is 0 Å². The number of carboxylic acids is 1. The van der Waals surface area contributed by atoms with Gasteiger partial charge in [0.1, 0.15) is 0 Å². The van der Waals surface area contributed by atoms with E-state index in [1.54, 1.807) is 0 Å². The van der Waals surface area contributed by atoms with Crippen molar-refractivity contribution in [3.05, 3.63) is 0 Å². The SMILES string of the molecule is O=C(O)CCCCNC(=O)N1CCC2CCCCC21. The van der Waals surface area contributed by atoms with Gasteiger partial charge in [-0.05, 0) is 38.0 Å². The molecule has 2 N–H and O–H groups in total. The number of nitrogens with zero attached hydrogens (tertiary/aromatic N) is 1. The zero-order chi connectivity index (χ0) is 13.7. The topological polar surface area (TPSA) is 69.6 Å². The standard InChI is InChI=1S/C14H24N2O3/c17-13(18)7-3-4-9-15-14(19)16-10-8-11-5-1-2-6-12(11)16/h11-12H,1-10H2,(H,15,19)(H,17,18). The Bertz CT molecular complexity index is 333. The van der Waals surface area contributed by atoms with Gasteiger partial charge in [-0.25, -0.2) is 4.79 Å². The molecule has 1 aliphatic carbocycles. The minimum atomic E-state index is -0.768. The van der Waals surface area contributed by atoms with Gasteiger partial charge >= 0.3 is 12.0 Å². The van der Waals surface area contributed by atoms with Gasteiger partial charge in [-0.1, -0.05) is 12.8 Å². The average molecular weight is 268 g/mol. The summed E-state index contributed by atoms with van der Waals surface area (Å²) in [5.41, 5.74) is 0. The first-order valence-electron chi connectivity index (χ1n) is 7.45. The van der Waals surface area contributed by atoms with E-state index >= 15 is 0 Å². The molecule has 0 aromatic rings. The van der Waals surface area contributed by atoms with Crippen LogP contribution in [0.1, 0.15) is 51.4 Å². The van der Waals surface area contributed by atoms with Crippen LogP contribution in [-0.4, -0.2) is 41.1 Å². The average Bonchev–Trinajstić information content (AvgIpc) is 2.81. The molecule has 2 amide bonds. The number of urea groups is 1. The predicted octanol–water partition coefficient (Wildman–Crippen LogP) is 2.22. The number of unbranched alkanes of at least 4 members (excludes halogenated alkanes) is 1. The Morgan fingerprint density at radius 3 is 2.74 bits per heavy atom. The lowest BCUT2D eigenvalue weighted by atomic mass is 9.85. The van der Waals surface area contributed by atoms with Crippen molar-refractivity contribution in [1.29, 1.82) is 0 Å². The van der Waals surface area contributed by atoms with Crippen molar-refractivity contribution in [2.45, 2.75) is 57.4 Å². The number of amides is 2. The second kappa shape index (κ2) is 6.78. The third kappa shape index (κ3) is 3.85. The van der Waals surface area contributed by atoms with Gasteiger partial charge < -0.3 is 15.3 Å². The highest BCUT2D eigenvalue weighted by atomic mass is 16.4. The smallest absolute Gasteiger partial charge is 0.317 e. The Balaban J connectivity index is 1.67. The minimum Gasteiger partial charge on any atom is -0.481 e. The van der Waals surface area contributed by atoms with Gasteiger partial charge in [0.2, 0.25) is 0 Å². The number of hydrogen-bond acceptors (Lipinski definition) is 2. The van der Waals surface area contributed by atoms with Crippen molar-refractivity contribution in [2.75, 3.05) is 13.1 Å². The van der Waals surface area contributed by atoms with Gasteiger partial charge in [0.25, 0.3) is 0 Å². The van der Waals surface area contributed by atoms with Crippen LogP contribution in [0.3, 0.4) is 0 Å². The second-order valence-electron chi connectivity index (χ2n) is 5.68. The zero-order valence-corrected chi connectivity index (χ0v) is 11.4. The summed E-state index contributed by atoms with van der Waals surface area (Å²) in [6.45, 7) is 1.47. The fourth-order valence-electron chi connectivity index (χ4n) is 3.36. The molecule has 2 atom stereocenters. The van der Waals surface area contributed by atoms with E-state index in [9.17, 15) is 9.59 Å². The lowest BCUT2D eigenvalue weighted by molar-refractivity contribution is -0.137. The lowest BCUT2D eigenvalue weighted by Gasteiger charge is -2.31.